The Morgan fingerprint density at radius 2 is 2.12 bits per heavy atom. The molecule has 1 aromatic rings. The van der Waals surface area contributed by atoms with Gasteiger partial charge in [0, 0.05) is 57.1 Å². The summed E-state index contributed by atoms with van der Waals surface area (Å²) in [5, 5.41) is 7.62. The van der Waals surface area contributed by atoms with Crippen LogP contribution in [0.5, 0.6) is 0 Å². The third kappa shape index (κ3) is 4.04. The van der Waals surface area contributed by atoms with E-state index in [9.17, 15) is 4.79 Å². The van der Waals surface area contributed by atoms with Crippen LogP contribution in [0.2, 0.25) is 0 Å². The Morgan fingerprint density at radius 3 is 2.84 bits per heavy atom. The maximum Gasteiger partial charge on any atom is 0.317 e. The quantitative estimate of drug-likeness (QED) is 0.788. The molecular weight excluding hydrogens is 318 g/mol. The molecule has 0 bridgehead atoms. The minimum Gasteiger partial charge on any atom is -0.383 e. The molecule has 7 heteroatoms. The topological polar surface area (TPSA) is 62.6 Å². The molecule has 7 nitrogen and oxygen atoms in total. The van der Waals surface area contributed by atoms with Crippen molar-refractivity contribution in [3.63, 3.8) is 0 Å². The van der Waals surface area contributed by atoms with Gasteiger partial charge >= 0.3 is 6.03 Å². The van der Waals surface area contributed by atoms with Crippen molar-refractivity contribution >= 4 is 6.03 Å². The molecule has 1 fully saturated rings. The Labute approximate surface area is 149 Å². The molecule has 0 aromatic carbocycles. The molecule has 0 saturated carbocycles. The first-order chi connectivity index (χ1) is 12.1. The number of aryl methyl sites for hydroxylation is 1. The van der Waals surface area contributed by atoms with Gasteiger partial charge in [0.05, 0.1) is 18.8 Å². The van der Waals surface area contributed by atoms with Crippen LogP contribution < -0.4 is 5.32 Å². The van der Waals surface area contributed by atoms with Crippen molar-refractivity contribution in [1.82, 2.24) is 24.9 Å². The molecule has 0 aliphatic carbocycles. The van der Waals surface area contributed by atoms with Gasteiger partial charge in [0.15, 0.2) is 0 Å². The molecule has 138 valence electrons. The maximum atomic E-state index is 12.5. The monoisotopic (exact) mass is 347 g/mol. The van der Waals surface area contributed by atoms with Crippen LogP contribution in [0.3, 0.4) is 0 Å². The van der Waals surface area contributed by atoms with Crippen LogP contribution in [0, 0.1) is 13.8 Å². The Bertz CT molecular complexity index is 632. The molecule has 1 N–H and O–H groups in total. The highest BCUT2D eigenvalue weighted by Crippen LogP contribution is 2.18. The zero-order valence-electron chi connectivity index (χ0n) is 15.5. The molecule has 3 heterocycles. The van der Waals surface area contributed by atoms with E-state index in [1.165, 1.54) is 0 Å². The zero-order chi connectivity index (χ0) is 17.8. The van der Waals surface area contributed by atoms with Crippen LogP contribution in [0.25, 0.3) is 0 Å². The van der Waals surface area contributed by atoms with Gasteiger partial charge in [-0.25, -0.2) is 4.79 Å². The van der Waals surface area contributed by atoms with Gasteiger partial charge in [-0.2, -0.15) is 5.10 Å². The van der Waals surface area contributed by atoms with E-state index in [1.807, 2.05) is 23.4 Å². The predicted molar refractivity (Wildman–Crippen MR) is 96.5 cm³/mol. The lowest BCUT2D eigenvalue weighted by Gasteiger charge is -2.23. The van der Waals surface area contributed by atoms with Gasteiger partial charge in [-0.1, -0.05) is 12.2 Å². The number of aromatic nitrogens is 2. The van der Waals surface area contributed by atoms with Crippen LogP contribution in [0.4, 0.5) is 4.79 Å². The summed E-state index contributed by atoms with van der Waals surface area (Å²) >= 11 is 0. The smallest absolute Gasteiger partial charge is 0.317 e. The van der Waals surface area contributed by atoms with E-state index in [1.54, 1.807) is 7.11 Å². The summed E-state index contributed by atoms with van der Waals surface area (Å²) in [6.45, 7) is 9.60. The van der Waals surface area contributed by atoms with Crippen molar-refractivity contribution in [3.05, 3.63) is 29.1 Å². The molecule has 25 heavy (non-hydrogen) atoms. The number of nitrogens with zero attached hydrogens (tertiary/aromatic N) is 4. The number of nitrogens with one attached hydrogen (secondary N) is 1. The Kier molecular flexibility index (Phi) is 5.75. The summed E-state index contributed by atoms with van der Waals surface area (Å²) < 4.78 is 7.07. The number of methoxy groups -OCH3 is 1. The van der Waals surface area contributed by atoms with Crippen molar-refractivity contribution in [2.75, 3.05) is 39.9 Å². The normalized spacial score (nSPS) is 20.6. The minimum absolute atomic E-state index is 0.0260. The first-order valence-electron chi connectivity index (χ1n) is 9.03. The predicted octanol–water partition coefficient (Wildman–Crippen LogP) is 1.30. The highest BCUT2D eigenvalue weighted by Gasteiger charge is 2.30. The van der Waals surface area contributed by atoms with Gasteiger partial charge in [-0.15, -0.1) is 0 Å². The molecule has 2 aliphatic heterocycles. The summed E-state index contributed by atoms with van der Waals surface area (Å²) in [6.07, 6.45) is 5.47. The van der Waals surface area contributed by atoms with Gasteiger partial charge < -0.3 is 15.0 Å². The third-order valence-electron chi connectivity index (χ3n) is 5.27. The molecule has 0 spiro atoms. The number of hydrogen-bond acceptors (Lipinski definition) is 4. The summed E-state index contributed by atoms with van der Waals surface area (Å²) in [5.74, 6) is 0. The molecule has 1 unspecified atom stereocenters. The van der Waals surface area contributed by atoms with E-state index < -0.39 is 0 Å². The number of likely N-dealkylation sites (tertiary alicyclic amines) is 1. The first-order valence-corrected chi connectivity index (χ1v) is 9.03. The molecule has 1 aromatic heterocycles. The number of carbonyl (C=O) groups is 1. The fraction of sp³-hybridized carbons (Fsp3) is 0.667. The van der Waals surface area contributed by atoms with E-state index in [0.29, 0.717) is 19.2 Å². The maximum absolute atomic E-state index is 12.5. The second kappa shape index (κ2) is 8.01. The Balaban J connectivity index is 1.51. The lowest BCUT2D eigenvalue weighted by Crippen LogP contribution is -2.41. The van der Waals surface area contributed by atoms with Gasteiger partial charge in [-0.05, 0) is 20.3 Å². The number of urea groups is 1. The fourth-order valence-corrected chi connectivity index (χ4v) is 3.68. The molecule has 1 atom stereocenters. The second-order valence-corrected chi connectivity index (χ2v) is 6.84. The standard InChI is InChI=1S/C18H29N5O2/c1-14-17(15(2)23(20-14)10-11-25-3)12-19-18(24)22-9-6-16(13-22)21-7-4-5-8-21/h4-5,16H,6-13H2,1-3H3,(H,19,24). The lowest BCUT2D eigenvalue weighted by atomic mass is 10.2. The number of hydrogen-bond donors (Lipinski definition) is 1. The van der Waals surface area contributed by atoms with E-state index in [-0.39, 0.29) is 6.03 Å². The number of amides is 2. The summed E-state index contributed by atoms with van der Waals surface area (Å²) in [5.41, 5.74) is 3.16. The Morgan fingerprint density at radius 1 is 1.36 bits per heavy atom. The number of carbonyl (C=O) groups excluding carboxylic acids is 1. The van der Waals surface area contributed by atoms with E-state index in [4.69, 9.17) is 4.74 Å². The number of rotatable bonds is 6. The largest absolute Gasteiger partial charge is 0.383 e. The van der Waals surface area contributed by atoms with Gasteiger partial charge in [0.2, 0.25) is 0 Å². The average molecular weight is 347 g/mol. The third-order valence-corrected chi connectivity index (χ3v) is 5.27. The van der Waals surface area contributed by atoms with Crippen LogP contribution in [0.15, 0.2) is 12.2 Å². The van der Waals surface area contributed by atoms with Crippen molar-refractivity contribution in [2.24, 2.45) is 0 Å². The van der Waals surface area contributed by atoms with E-state index in [2.05, 4.69) is 27.5 Å². The molecule has 1 saturated heterocycles. The minimum atomic E-state index is 0.0260. The summed E-state index contributed by atoms with van der Waals surface area (Å²) in [6, 6.07) is 0.513. The fourth-order valence-electron chi connectivity index (χ4n) is 3.68. The molecule has 2 aliphatic rings. The summed E-state index contributed by atoms with van der Waals surface area (Å²) in [7, 11) is 1.69. The summed E-state index contributed by atoms with van der Waals surface area (Å²) in [4.78, 5) is 16.9. The van der Waals surface area contributed by atoms with Crippen molar-refractivity contribution in [2.45, 2.75) is 39.4 Å². The van der Waals surface area contributed by atoms with Gasteiger partial charge in [0.25, 0.3) is 0 Å². The van der Waals surface area contributed by atoms with Gasteiger partial charge in [-0.3, -0.25) is 9.58 Å². The van der Waals surface area contributed by atoms with Crippen LogP contribution in [0.1, 0.15) is 23.4 Å². The highest BCUT2D eigenvalue weighted by atomic mass is 16.5. The zero-order valence-corrected chi connectivity index (χ0v) is 15.5. The first kappa shape index (κ1) is 17.9. The van der Waals surface area contributed by atoms with Crippen molar-refractivity contribution in [1.29, 1.82) is 0 Å². The Hall–Kier alpha value is -1.86. The molecule has 0 radical (unpaired) electrons. The number of ether oxygens (including phenoxy) is 1. The molecule has 3 rings (SSSR count). The van der Waals surface area contributed by atoms with E-state index >= 15 is 0 Å². The van der Waals surface area contributed by atoms with Crippen LogP contribution in [-0.4, -0.2) is 71.5 Å². The lowest BCUT2D eigenvalue weighted by molar-refractivity contribution is 0.182. The van der Waals surface area contributed by atoms with Crippen molar-refractivity contribution in [3.8, 4) is 0 Å². The van der Waals surface area contributed by atoms with Crippen LogP contribution in [-0.2, 0) is 17.8 Å². The SMILES string of the molecule is COCCn1nc(C)c(CNC(=O)N2CCC(N3CC=CC3)C2)c1C. The second-order valence-electron chi connectivity index (χ2n) is 6.84. The molecule has 2 amide bonds. The van der Waals surface area contributed by atoms with Crippen molar-refractivity contribution < 1.29 is 9.53 Å². The van der Waals surface area contributed by atoms with E-state index in [0.717, 1.165) is 56.1 Å². The van der Waals surface area contributed by atoms with Gasteiger partial charge in [0.1, 0.15) is 0 Å². The average Bonchev–Trinajstić information content (AvgIpc) is 3.32. The molecular formula is C18H29N5O2. The van der Waals surface area contributed by atoms with Crippen LogP contribution >= 0.6 is 0 Å². The highest BCUT2D eigenvalue weighted by molar-refractivity contribution is 5.74.